The molecule has 1 saturated heterocycles. The summed E-state index contributed by atoms with van der Waals surface area (Å²) in [6.07, 6.45) is -7.61. The molecule has 0 amide bonds. The van der Waals surface area contributed by atoms with Gasteiger partial charge in [0.15, 0.2) is 23.2 Å². The average Bonchev–Trinajstić information content (AvgIpc) is 3.09. The van der Waals surface area contributed by atoms with Crippen molar-refractivity contribution in [2.24, 2.45) is 0 Å². The van der Waals surface area contributed by atoms with Crippen molar-refractivity contribution >= 4 is 34.8 Å². The molecule has 1 fully saturated rings. The van der Waals surface area contributed by atoms with Gasteiger partial charge in [-0.3, -0.25) is 29.3 Å². The molecule has 19 nitrogen and oxygen atoms in total. The van der Waals surface area contributed by atoms with Gasteiger partial charge in [0, 0.05) is 61.6 Å². The van der Waals surface area contributed by atoms with E-state index in [-0.39, 0.29) is 0 Å². The van der Waals surface area contributed by atoms with E-state index in [1.54, 1.807) is 6.92 Å². The fraction of sp³-hybridized carbons (Fsp3) is 0.441. The van der Waals surface area contributed by atoms with Crippen LogP contribution in [0.5, 0.6) is 11.5 Å². The van der Waals surface area contributed by atoms with Crippen molar-refractivity contribution in [1.82, 2.24) is 5.32 Å². The van der Waals surface area contributed by atoms with Gasteiger partial charge in [-0.15, -0.1) is 0 Å². The molecule has 282 valence electrons. The predicted octanol–water partition coefficient (Wildman–Crippen LogP) is -0.342. The van der Waals surface area contributed by atoms with Crippen molar-refractivity contribution in [3.63, 3.8) is 0 Å². The van der Waals surface area contributed by atoms with Gasteiger partial charge in [0.1, 0.15) is 35.4 Å². The van der Waals surface area contributed by atoms with Crippen LogP contribution in [-0.4, -0.2) is 130 Å². The minimum absolute atomic E-state index is 0.450. The first kappa shape index (κ1) is 37.6. The molecular formula is C34H34N2O17. The molecule has 8 atom stereocenters. The van der Waals surface area contributed by atoms with E-state index in [0.29, 0.717) is 0 Å². The molecule has 2 aromatic carbocycles. The second-order valence-electron chi connectivity index (χ2n) is 12.9. The number of phenols is 2. The predicted molar refractivity (Wildman–Crippen MR) is 173 cm³/mol. The van der Waals surface area contributed by atoms with Gasteiger partial charge >= 0.3 is 5.97 Å². The molecule has 53 heavy (non-hydrogen) atoms. The Hall–Kier alpha value is -5.15. The standard InChI is InChI=1S/C34H34N2O17/c1-10-18(32(45)51-5)25(41)21-14(22(10)36(47)48)8-17(38)34(52-6)30(44)20-13(29(43)33(21,34)46)7-12-19(24(20)40)16(37)9-15(23(12)39)35-31-28(50-4)26(42)27(49-3)11(2)53-31/h7,9,11,17,26-28,31,35,38,40-42,46H,8H2,1-6H3/t11?,17-,26?,27?,28?,31?,33+,34-/m1/s1. The maximum atomic E-state index is 14.7. The summed E-state index contributed by atoms with van der Waals surface area (Å²) in [6, 6.07) is 0.729. The molecule has 6 N–H and O–H groups in total. The lowest BCUT2D eigenvalue weighted by atomic mass is 9.56. The smallest absolute Gasteiger partial charge is 0.342 e. The van der Waals surface area contributed by atoms with Crippen LogP contribution in [0.3, 0.4) is 0 Å². The normalized spacial score (nSPS) is 30.5. The van der Waals surface area contributed by atoms with E-state index in [1.807, 2.05) is 0 Å². The lowest BCUT2D eigenvalue weighted by Gasteiger charge is -2.52. The van der Waals surface area contributed by atoms with Crippen LogP contribution in [0.15, 0.2) is 17.8 Å². The van der Waals surface area contributed by atoms with Crippen LogP contribution in [0.4, 0.5) is 5.69 Å². The van der Waals surface area contributed by atoms with Crippen molar-refractivity contribution in [3.05, 3.63) is 72.5 Å². The maximum absolute atomic E-state index is 14.7. The van der Waals surface area contributed by atoms with Crippen molar-refractivity contribution < 1.29 is 78.1 Å². The Bertz CT molecular complexity index is 2080. The van der Waals surface area contributed by atoms with E-state index in [0.717, 1.165) is 33.3 Å². The summed E-state index contributed by atoms with van der Waals surface area (Å²) >= 11 is 0. The quantitative estimate of drug-likeness (QED) is 0.120. The van der Waals surface area contributed by atoms with Crippen LogP contribution < -0.4 is 5.32 Å². The van der Waals surface area contributed by atoms with Crippen LogP contribution in [0, 0.1) is 17.0 Å². The highest BCUT2D eigenvalue weighted by Gasteiger charge is 2.73. The number of hydrogen-bond acceptors (Lipinski definition) is 18. The highest BCUT2D eigenvalue weighted by atomic mass is 16.6. The van der Waals surface area contributed by atoms with E-state index in [2.05, 4.69) is 10.1 Å². The number of methoxy groups -OCH3 is 4. The number of aromatic hydroxyl groups is 2. The molecule has 0 bridgehead atoms. The first-order valence-electron chi connectivity index (χ1n) is 15.9. The maximum Gasteiger partial charge on any atom is 0.342 e. The lowest BCUT2D eigenvalue weighted by molar-refractivity contribution is -0.386. The Balaban J connectivity index is 1.56. The molecule has 3 aliphatic carbocycles. The summed E-state index contributed by atoms with van der Waals surface area (Å²) in [4.78, 5) is 80.9. The highest BCUT2D eigenvalue weighted by Crippen LogP contribution is 2.58. The second kappa shape index (κ2) is 12.8. The molecular weight excluding hydrogens is 708 g/mol. The molecule has 0 radical (unpaired) electrons. The van der Waals surface area contributed by atoms with Crippen LogP contribution in [0.25, 0.3) is 0 Å². The number of ether oxygens (including phenoxy) is 5. The monoisotopic (exact) mass is 742 g/mol. The molecule has 5 unspecified atom stereocenters. The number of hydrogen-bond donors (Lipinski definition) is 6. The number of aliphatic hydroxyl groups is 3. The van der Waals surface area contributed by atoms with Gasteiger partial charge < -0.3 is 54.5 Å². The average molecular weight is 743 g/mol. The van der Waals surface area contributed by atoms with Gasteiger partial charge in [-0.1, -0.05) is 0 Å². The minimum atomic E-state index is -3.56. The van der Waals surface area contributed by atoms with Crippen LogP contribution in [-0.2, 0) is 35.7 Å². The van der Waals surface area contributed by atoms with Gasteiger partial charge in [0.25, 0.3) is 5.69 Å². The third kappa shape index (κ3) is 4.75. The number of carbonyl (C=O) groups excluding carboxylic acids is 5. The zero-order valence-corrected chi connectivity index (χ0v) is 28.9. The number of aliphatic hydroxyl groups excluding tert-OH is 2. The fourth-order valence-corrected chi connectivity index (χ4v) is 8.14. The third-order valence-corrected chi connectivity index (χ3v) is 10.5. The van der Waals surface area contributed by atoms with Crippen LogP contribution in [0.2, 0.25) is 0 Å². The molecule has 4 aliphatic rings. The van der Waals surface area contributed by atoms with Crippen molar-refractivity contribution in [3.8, 4) is 11.5 Å². The molecule has 1 aliphatic heterocycles. The number of benzene rings is 2. The molecule has 0 spiro atoms. The number of Topliss-reactive ketones (excluding diaryl/α,β-unsaturated/α-hetero) is 3. The van der Waals surface area contributed by atoms with Gasteiger partial charge in [0.2, 0.25) is 17.3 Å². The summed E-state index contributed by atoms with van der Waals surface area (Å²) in [5.74, 6) is -8.90. The van der Waals surface area contributed by atoms with Crippen molar-refractivity contribution in [2.45, 2.75) is 68.2 Å². The van der Waals surface area contributed by atoms with Gasteiger partial charge in [-0.25, -0.2) is 4.79 Å². The molecule has 1 heterocycles. The molecule has 0 aromatic heterocycles. The zero-order valence-electron chi connectivity index (χ0n) is 28.9. The van der Waals surface area contributed by atoms with Crippen molar-refractivity contribution in [2.75, 3.05) is 28.4 Å². The van der Waals surface area contributed by atoms with Gasteiger partial charge in [-0.05, 0) is 19.9 Å². The van der Waals surface area contributed by atoms with E-state index in [9.17, 15) is 59.6 Å². The number of nitro benzene ring substituents is 1. The van der Waals surface area contributed by atoms with E-state index in [1.165, 1.54) is 14.2 Å². The van der Waals surface area contributed by atoms with E-state index >= 15 is 0 Å². The number of nitrogens with one attached hydrogen (secondary N) is 1. The Morgan fingerprint density at radius 1 is 1.00 bits per heavy atom. The lowest BCUT2D eigenvalue weighted by Crippen LogP contribution is -2.73. The van der Waals surface area contributed by atoms with Gasteiger partial charge in [-0.2, -0.15) is 0 Å². The second-order valence-corrected chi connectivity index (χ2v) is 12.9. The number of rotatable bonds is 7. The number of allylic oxidation sites excluding steroid dienone is 2. The Morgan fingerprint density at radius 3 is 2.21 bits per heavy atom. The highest BCUT2D eigenvalue weighted by molar-refractivity contribution is 6.31. The van der Waals surface area contributed by atoms with E-state index < -0.39 is 156 Å². The Morgan fingerprint density at radius 2 is 1.64 bits per heavy atom. The van der Waals surface area contributed by atoms with Crippen LogP contribution >= 0.6 is 0 Å². The number of esters is 1. The number of fused-ring (bicyclic) bond motifs is 5. The van der Waals surface area contributed by atoms with E-state index in [4.69, 9.17) is 18.9 Å². The Kier molecular flexibility index (Phi) is 9.05. The first-order chi connectivity index (χ1) is 24.9. The number of phenolic OH excluding ortho intramolecular Hbond substituents is 2. The number of nitro groups is 1. The molecule has 0 saturated carbocycles. The summed E-state index contributed by atoms with van der Waals surface area (Å²) in [5.41, 5.74) is -14.2. The Labute approximate surface area is 298 Å². The molecule has 19 heteroatoms. The third-order valence-electron chi connectivity index (χ3n) is 10.5. The number of ketones is 4. The molecule has 2 aromatic rings. The first-order valence-corrected chi connectivity index (χ1v) is 15.9. The summed E-state index contributed by atoms with van der Waals surface area (Å²) in [5, 5.41) is 72.9. The largest absolute Gasteiger partial charge is 0.507 e. The molecule has 6 rings (SSSR count). The summed E-state index contributed by atoms with van der Waals surface area (Å²) in [6.45, 7) is 2.66. The topological polar surface area (TPSA) is 288 Å². The fourth-order valence-electron chi connectivity index (χ4n) is 8.14. The summed E-state index contributed by atoms with van der Waals surface area (Å²) in [7, 11) is 4.30. The summed E-state index contributed by atoms with van der Waals surface area (Å²) < 4.78 is 26.6. The zero-order chi connectivity index (χ0) is 39.2. The van der Waals surface area contributed by atoms with Crippen LogP contribution in [0.1, 0.15) is 75.4 Å². The SMILES string of the molecule is COC(=O)c1c(C)c([N+](=O)[O-])c2c(c1O)[C@]1(O)C(=O)c3cc4c(c(O)c3C(=O)[C@]1(OC)[C@H](O)C2)C(=O)C=C(NC1OC(C)C(OC)C(O)C1OC)C4=O. The van der Waals surface area contributed by atoms with Gasteiger partial charge in [0.05, 0.1) is 41.1 Å². The number of nitrogens with zero attached hydrogens (tertiary/aromatic N) is 1. The van der Waals surface area contributed by atoms with Crippen molar-refractivity contribution in [1.29, 1.82) is 0 Å². The number of carbonyl (C=O) groups is 5. The minimum Gasteiger partial charge on any atom is -0.507 e.